The van der Waals surface area contributed by atoms with Crippen molar-refractivity contribution in [1.29, 1.82) is 0 Å². The van der Waals surface area contributed by atoms with Gasteiger partial charge in [-0.3, -0.25) is 0 Å². The predicted octanol–water partition coefficient (Wildman–Crippen LogP) is 2.42. The first kappa shape index (κ1) is 9.10. The molecule has 2 heteroatoms. The molecule has 0 aliphatic carbocycles. The van der Waals surface area contributed by atoms with Gasteiger partial charge in [0.25, 0.3) is 0 Å². The molecular formula is C11H15NS. The number of nitrogens with two attached hydrogens (primary N) is 1. The van der Waals surface area contributed by atoms with E-state index < -0.39 is 0 Å². The van der Waals surface area contributed by atoms with Crippen LogP contribution in [-0.4, -0.2) is 11.8 Å². The largest absolute Gasteiger partial charge is 0.326 e. The van der Waals surface area contributed by atoms with E-state index in [9.17, 15) is 0 Å². The van der Waals surface area contributed by atoms with Crippen molar-refractivity contribution in [2.24, 2.45) is 5.73 Å². The highest BCUT2D eigenvalue weighted by Gasteiger charge is 2.30. The summed E-state index contributed by atoms with van der Waals surface area (Å²) in [7, 11) is 0. The number of hydrogen-bond acceptors (Lipinski definition) is 2. The third-order valence-corrected chi connectivity index (χ3v) is 4.13. The maximum Gasteiger partial charge on any atom is 0.0459 e. The quantitative estimate of drug-likeness (QED) is 0.741. The highest BCUT2D eigenvalue weighted by Crippen LogP contribution is 2.42. The molecule has 1 saturated heterocycles. The Balaban J connectivity index is 2.30. The van der Waals surface area contributed by atoms with E-state index in [1.54, 1.807) is 0 Å². The first-order valence-electron chi connectivity index (χ1n) is 4.63. The zero-order valence-corrected chi connectivity index (χ0v) is 8.90. The average molecular weight is 193 g/mol. The first-order chi connectivity index (χ1) is 6.18. The number of benzene rings is 1. The zero-order valence-electron chi connectivity index (χ0n) is 8.08. The minimum Gasteiger partial charge on any atom is -0.326 e. The summed E-state index contributed by atoms with van der Waals surface area (Å²) in [4.78, 5) is 0. The molecule has 0 saturated carbocycles. The van der Waals surface area contributed by atoms with Gasteiger partial charge >= 0.3 is 0 Å². The molecule has 2 N–H and O–H groups in total. The van der Waals surface area contributed by atoms with Gasteiger partial charge in [-0.15, -0.1) is 0 Å². The Bertz CT molecular complexity index is 322. The SMILES string of the molecule is Cc1ccc(C2SCC2N)c(C)c1. The normalized spacial score (nSPS) is 27.0. The zero-order chi connectivity index (χ0) is 9.42. The molecule has 2 unspecified atom stereocenters. The van der Waals surface area contributed by atoms with Crippen molar-refractivity contribution in [3.05, 3.63) is 34.9 Å². The molecule has 0 spiro atoms. The summed E-state index contributed by atoms with van der Waals surface area (Å²) >= 11 is 1.96. The maximum atomic E-state index is 5.94. The molecule has 2 rings (SSSR count). The summed E-state index contributed by atoms with van der Waals surface area (Å²) in [5, 5.41) is 0.542. The summed E-state index contributed by atoms with van der Waals surface area (Å²) in [5.41, 5.74) is 10.1. The van der Waals surface area contributed by atoms with Crippen molar-refractivity contribution in [3.8, 4) is 0 Å². The van der Waals surface area contributed by atoms with E-state index in [1.165, 1.54) is 16.7 Å². The van der Waals surface area contributed by atoms with E-state index in [1.807, 2.05) is 11.8 Å². The molecule has 1 aromatic carbocycles. The van der Waals surface area contributed by atoms with Crippen LogP contribution in [0.15, 0.2) is 18.2 Å². The van der Waals surface area contributed by atoms with Crippen LogP contribution in [0.1, 0.15) is 21.9 Å². The summed E-state index contributed by atoms with van der Waals surface area (Å²) in [6.07, 6.45) is 0. The molecule has 0 aromatic heterocycles. The van der Waals surface area contributed by atoms with Crippen molar-refractivity contribution in [2.45, 2.75) is 25.1 Å². The predicted molar refractivity (Wildman–Crippen MR) is 59.1 cm³/mol. The number of thioether (sulfide) groups is 1. The maximum absolute atomic E-state index is 5.94. The van der Waals surface area contributed by atoms with Gasteiger partial charge in [0.05, 0.1) is 0 Å². The molecule has 1 aliphatic rings. The Hall–Kier alpha value is -0.470. The fourth-order valence-corrected chi connectivity index (χ4v) is 2.82. The van der Waals surface area contributed by atoms with Crippen LogP contribution < -0.4 is 5.73 Å². The van der Waals surface area contributed by atoms with E-state index in [4.69, 9.17) is 5.73 Å². The van der Waals surface area contributed by atoms with Crippen LogP contribution in [0.5, 0.6) is 0 Å². The molecule has 0 bridgehead atoms. The van der Waals surface area contributed by atoms with Gasteiger partial charge in [-0.25, -0.2) is 0 Å². The third-order valence-electron chi connectivity index (χ3n) is 2.59. The van der Waals surface area contributed by atoms with Crippen LogP contribution in [0.25, 0.3) is 0 Å². The minimum absolute atomic E-state index is 0.367. The van der Waals surface area contributed by atoms with Gasteiger partial charge < -0.3 is 5.73 Å². The van der Waals surface area contributed by atoms with E-state index in [2.05, 4.69) is 32.0 Å². The number of aryl methyl sites for hydroxylation is 2. The van der Waals surface area contributed by atoms with Crippen molar-refractivity contribution >= 4 is 11.8 Å². The lowest BCUT2D eigenvalue weighted by Gasteiger charge is -2.34. The second kappa shape index (κ2) is 3.35. The topological polar surface area (TPSA) is 26.0 Å². The van der Waals surface area contributed by atoms with Crippen molar-refractivity contribution < 1.29 is 0 Å². The van der Waals surface area contributed by atoms with E-state index >= 15 is 0 Å². The lowest BCUT2D eigenvalue weighted by atomic mass is 9.99. The van der Waals surface area contributed by atoms with Gasteiger partial charge in [0, 0.05) is 17.0 Å². The molecule has 2 atom stereocenters. The van der Waals surface area contributed by atoms with Crippen molar-refractivity contribution in [1.82, 2.24) is 0 Å². The molecule has 0 amide bonds. The Morgan fingerprint density at radius 1 is 1.38 bits per heavy atom. The third kappa shape index (κ3) is 1.61. The highest BCUT2D eigenvalue weighted by atomic mass is 32.2. The molecule has 1 aromatic rings. The molecular weight excluding hydrogens is 178 g/mol. The lowest BCUT2D eigenvalue weighted by Crippen LogP contribution is -2.38. The summed E-state index contributed by atoms with van der Waals surface area (Å²) < 4.78 is 0. The van der Waals surface area contributed by atoms with Gasteiger partial charge in [-0.2, -0.15) is 11.8 Å². The van der Waals surface area contributed by atoms with Crippen molar-refractivity contribution in [2.75, 3.05) is 5.75 Å². The number of hydrogen-bond donors (Lipinski definition) is 1. The van der Waals surface area contributed by atoms with Crippen LogP contribution in [0, 0.1) is 13.8 Å². The highest BCUT2D eigenvalue weighted by molar-refractivity contribution is 8.01. The monoisotopic (exact) mass is 193 g/mol. The first-order valence-corrected chi connectivity index (χ1v) is 5.67. The second-order valence-corrected chi connectivity index (χ2v) is 4.95. The average Bonchev–Trinajstić information content (AvgIpc) is 2.07. The van der Waals surface area contributed by atoms with E-state index in [0.717, 1.165) is 5.75 Å². The standard InChI is InChI=1S/C11H15NS/c1-7-3-4-9(8(2)5-7)11-10(12)6-13-11/h3-5,10-11H,6,12H2,1-2H3. The Morgan fingerprint density at radius 3 is 2.62 bits per heavy atom. The number of rotatable bonds is 1. The van der Waals surface area contributed by atoms with Gasteiger partial charge in [0.2, 0.25) is 0 Å². The molecule has 1 fully saturated rings. The molecule has 1 aliphatic heterocycles. The fourth-order valence-electron chi connectivity index (χ4n) is 1.77. The molecule has 70 valence electrons. The van der Waals surface area contributed by atoms with Gasteiger partial charge in [0.1, 0.15) is 0 Å². The Kier molecular flexibility index (Phi) is 2.35. The van der Waals surface area contributed by atoms with Gasteiger partial charge in [-0.05, 0) is 25.0 Å². The smallest absolute Gasteiger partial charge is 0.0459 e. The molecule has 13 heavy (non-hydrogen) atoms. The minimum atomic E-state index is 0.367. The van der Waals surface area contributed by atoms with Crippen LogP contribution in [0.3, 0.4) is 0 Å². The second-order valence-electron chi connectivity index (χ2n) is 3.78. The molecule has 0 radical (unpaired) electrons. The summed E-state index contributed by atoms with van der Waals surface area (Å²) in [5.74, 6) is 1.11. The summed E-state index contributed by atoms with van der Waals surface area (Å²) in [6.45, 7) is 4.30. The fraction of sp³-hybridized carbons (Fsp3) is 0.455. The molecule has 1 heterocycles. The Labute approximate surface area is 83.7 Å². The van der Waals surface area contributed by atoms with Crippen LogP contribution >= 0.6 is 11.8 Å². The van der Waals surface area contributed by atoms with Crippen molar-refractivity contribution in [3.63, 3.8) is 0 Å². The Morgan fingerprint density at radius 2 is 2.15 bits per heavy atom. The summed E-state index contributed by atoms with van der Waals surface area (Å²) in [6, 6.07) is 7.00. The molecule has 1 nitrogen and oxygen atoms in total. The van der Waals surface area contributed by atoms with E-state index in [-0.39, 0.29) is 0 Å². The van der Waals surface area contributed by atoms with Crippen LogP contribution in [-0.2, 0) is 0 Å². The van der Waals surface area contributed by atoms with Gasteiger partial charge in [-0.1, -0.05) is 23.8 Å². The van der Waals surface area contributed by atoms with Crippen LogP contribution in [0.2, 0.25) is 0 Å². The van der Waals surface area contributed by atoms with Gasteiger partial charge in [0.15, 0.2) is 0 Å². The van der Waals surface area contributed by atoms with E-state index in [0.29, 0.717) is 11.3 Å². The van der Waals surface area contributed by atoms with Crippen LogP contribution in [0.4, 0.5) is 0 Å². The lowest BCUT2D eigenvalue weighted by molar-refractivity contribution is 0.684.